The van der Waals surface area contributed by atoms with E-state index < -0.39 is 5.97 Å². The Bertz CT molecular complexity index is 521. The molecule has 80 valence electrons. The average molecular weight is 213 g/mol. The molecule has 0 saturated carbocycles. The molecule has 0 aliphatic rings. The summed E-state index contributed by atoms with van der Waals surface area (Å²) in [5, 5.41) is 8.91. The van der Waals surface area contributed by atoms with Crippen LogP contribution in [0.2, 0.25) is 0 Å². The Morgan fingerprint density at radius 1 is 1.06 bits per heavy atom. The Kier molecular flexibility index (Phi) is 2.60. The van der Waals surface area contributed by atoms with Crippen LogP contribution in [0.5, 0.6) is 0 Å². The summed E-state index contributed by atoms with van der Waals surface area (Å²) in [6.45, 7) is 0. The molecule has 0 radical (unpaired) electrons. The highest BCUT2D eigenvalue weighted by Gasteiger charge is 2.07. The largest absolute Gasteiger partial charge is 0.478 e. The zero-order valence-corrected chi connectivity index (χ0v) is 8.55. The minimum atomic E-state index is -0.947. The number of carbonyl (C=O) groups is 1. The molecule has 0 aliphatic carbocycles. The molecular weight excluding hydrogens is 202 g/mol. The molecule has 2 aromatic rings. The normalized spacial score (nSPS) is 10.0. The fourth-order valence-corrected chi connectivity index (χ4v) is 1.56. The van der Waals surface area contributed by atoms with Gasteiger partial charge in [-0.25, -0.2) is 4.79 Å². The first-order chi connectivity index (χ1) is 7.68. The van der Waals surface area contributed by atoms with Crippen LogP contribution in [0.1, 0.15) is 10.4 Å². The van der Waals surface area contributed by atoms with Gasteiger partial charge in [0.15, 0.2) is 0 Å². The van der Waals surface area contributed by atoms with Gasteiger partial charge in [-0.05, 0) is 23.8 Å². The first kappa shape index (κ1) is 10.2. The minimum absolute atomic E-state index is 0.244. The molecule has 0 unspecified atom stereocenters. The van der Waals surface area contributed by atoms with E-state index in [0.29, 0.717) is 5.69 Å². The molecular formula is C13H11NO2. The fourth-order valence-electron chi connectivity index (χ4n) is 1.56. The number of nitrogens with two attached hydrogens (primary N) is 1. The van der Waals surface area contributed by atoms with Crippen molar-refractivity contribution in [1.29, 1.82) is 0 Å². The highest BCUT2D eigenvalue weighted by molar-refractivity contribution is 5.91. The van der Waals surface area contributed by atoms with Crippen molar-refractivity contribution in [2.24, 2.45) is 0 Å². The zero-order chi connectivity index (χ0) is 11.5. The van der Waals surface area contributed by atoms with Gasteiger partial charge in [0.05, 0.1) is 5.56 Å². The van der Waals surface area contributed by atoms with Crippen molar-refractivity contribution < 1.29 is 9.90 Å². The molecule has 0 fully saturated rings. The molecule has 0 spiro atoms. The Morgan fingerprint density at radius 2 is 1.75 bits per heavy atom. The number of benzene rings is 2. The lowest BCUT2D eigenvalue weighted by molar-refractivity contribution is 0.0697. The number of carboxylic acids is 1. The number of rotatable bonds is 2. The summed E-state index contributed by atoms with van der Waals surface area (Å²) in [5.74, 6) is -0.947. The van der Waals surface area contributed by atoms with E-state index in [2.05, 4.69) is 0 Å². The molecule has 0 bridgehead atoms. The quantitative estimate of drug-likeness (QED) is 0.754. The highest BCUT2D eigenvalue weighted by atomic mass is 16.4. The van der Waals surface area contributed by atoms with Crippen LogP contribution in [-0.2, 0) is 0 Å². The van der Waals surface area contributed by atoms with Gasteiger partial charge in [-0.1, -0.05) is 30.3 Å². The monoisotopic (exact) mass is 213 g/mol. The van der Waals surface area contributed by atoms with E-state index in [1.165, 1.54) is 6.07 Å². The third-order valence-electron chi connectivity index (χ3n) is 2.39. The average Bonchev–Trinajstić information content (AvgIpc) is 2.30. The predicted octanol–water partition coefficient (Wildman–Crippen LogP) is 2.63. The molecule has 3 N–H and O–H groups in total. The Hall–Kier alpha value is -2.29. The molecule has 3 nitrogen and oxygen atoms in total. The van der Waals surface area contributed by atoms with Gasteiger partial charge < -0.3 is 10.8 Å². The molecule has 0 amide bonds. The van der Waals surface area contributed by atoms with E-state index in [1.54, 1.807) is 12.1 Å². The van der Waals surface area contributed by atoms with Gasteiger partial charge in [-0.15, -0.1) is 0 Å². The lowest BCUT2D eigenvalue weighted by Gasteiger charge is -2.06. The summed E-state index contributed by atoms with van der Waals surface area (Å²) in [4.78, 5) is 10.9. The van der Waals surface area contributed by atoms with E-state index >= 15 is 0 Å². The first-order valence-electron chi connectivity index (χ1n) is 4.87. The number of hydrogen-bond donors (Lipinski definition) is 2. The van der Waals surface area contributed by atoms with Crippen LogP contribution in [0.25, 0.3) is 11.1 Å². The van der Waals surface area contributed by atoms with E-state index in [-0.39, 0.29) is 5.56 Å². The van der Waals surface area contributed by atoms with Crippen molar-refractivity contribution in [3.8, 4) is 11.1 Å². The van der Waals surface area contributed by atoms with E-state index in [0.717, 1.165) is 11.1 Å². The van der Waals surface area contributed by atoms with Crippen molar-refractivity contribution in [2.45, 2.75) is 0 Å². The van der Waals surface area contributed by atoms with E-state index in [9.17, 15) is 4.79 Å². The summed E-state index contributed by atoms with van der Waals surface area (Å²) in [7, 11) is 0. The summed E-state index contributed by atoms with van der Waals surface area (Å²) in [6, 6.07) is 14.2. The van der Waals surface area contributed by atoms with Crippen LogP contribution in [-0.4, -0.2) is 11.1 Å². The van der Waals surface area contributed by atoms with Crippen LogP contribution < -0.4 is 5.73 Å². The van der Waals surface area contributed by atoms with Gasteiger partial charge in [0, 0.05) is 11.3 Å². The summed E-state index contributed by atoms with van der Waals surface area (Å²) in [5.41, 5.74) is 8.32. The lowest BCUT2D eigenvalue weighted by Crippen LogP contribution is -1.98. The topological polar surface area (TPSA) is 63.3 Å². The summed E-state index contributed by atoms with van der Waals surface area (Å²) in [6.07, 6.45) is 0. The Morgan fingerprint density at radius 3 is 2.38 bits per heavy atom. The SMILES string of the molecule is Nc1ccc(C(=O)O)cc1-c1ccccc1. The maximum atomic E-state index is 10.9. The number of anilines is 1. The molecule has 0 saturated heterocycles. The molecule has 0 aromatic heterocycles. The van der Waals surface area contributed by atoms with Gasteiger partial charge in [0.2, 0.25) is 0 Å². The molecule has 0 aliphatic heterocycles. The smallest absolute Gasteiger partial charge is 0.335 e. The number of nitrogen functional groups attached to an aromatic ring is 1. The standard InChI is InChI=1S/C13H11NO2/c14-12-7-6-10(13(15)16)8-11(12)9-4-2-1-3-5-9/h1-8H,14H2,(H,15,16). The van der Waals surface area contributed by atoms with E-state index in [4.69, 9.17) is 10.8 Å². The molecule has 16 heavy (non-hydrogen) atoms. The van der Waals surface area contributed by atoms with Gasteiger partial charge in [0.1, 0.15) is 0 Å². The molecule has 0 heterocycles. The van der Waals surface area contributed by atoms with Crippen molar-refractivity contribution in [3.63, 3.8) is 0 Å². The number of carboxylic acid groups (broad SMARTS) is 1. The second kappa shape index (κ2) is 4.06. The van der Waals surface area contributed by atoms with Crippen LogP contribution in [0, 0.1) is 0 Å². The highest BCUT2D eigenvalue weighted by Crippen LogP contribution is 2.26. The number of hydrogen-bond acceptors (Lipinski definition) is 2. The van der Waals surface area contributed by atoms with Crippen molar-refractivity contribution >= 4 is 11.7 Å². The van der Waals surface area contributed by atoms with Gasteiger partial charge in [-0.3, -0.25) is 0 Å². The summed E-state index contributed by atoms with van der Waals surface area (Å²) < 4.78 is 0. The van der Waals surface area contributed by atoms with Crippen LogP contribution >= 0.6 is 0 Å². The third kappa shape index (κ3) is 1.88. The van der Waals surface area contributed by atoms with Gasteiger partial charge in [0.25, 0.3) is 0 Å². The maximum absolute atomic E-state index is 10.9. The van der Waals surface area contributed by atoms with Gasteiger partial charge in [-0.2, -0.15) is 0 Å². The van der Waals surface area contributed by atoms with Gasteiger partial charge >= 0.3 is 5.97 Å². The third-order valence-corrected chi connectivity index (χ3v) is 2.39. The second-order valence-corrected chi connectivity index (χ2v) is 3.47. The Labute approximate surface area is 93.1 Å². The molecule has 0 atom stereocenters. The predicted molar refractivity (Wildman–Crippen MR) is 63.2 cm³/mol. The number of aromatic carboxylic acids is 1. The minimum Gasteiger partial charge on any atom is -0.478 e. The second-order valence-electron chi connectivity index (χ2n) is 3.47. The maximum Gasteiger partial charge on any atom is 0.335 e. The molecule has 2 rings (SSSR count). The van der Waals surface area contributed by atoms with Crippen LogP contribution in [0.3, 0.4) is 0 Å². The van der Waals surface area contributed by atoms with Crippen molar-refractivity contribution in [3.05, 3.63) is 54.1 Å². The van der Waals surface area contributed by atoms with Crippen molar-refractivity contribution in [2.75, 3.05) is 5.73 Å². The van der Waals surface area contributed by atoms with Crippen molar-refractivity contribution in [1.82, 2.24) is 0 Å². The lowest BCUT2D eigenvalue weighted by atomic mass is 10.0. The first-order valence-corrected chi connectivity index (χ1v) is 4.87. The fraction of sp³-hybridized carbons (Fsp3) is 0. The molecule has 2 aromatic carbocycles. The zero-order valence-electron chi connectivity index (χ0n) is 8.55. The van der Waals surface area contributed by atoms with E-state index in [1.807, 2.05) is 30.3 Å². The Balaban J connectivity index is 2.56. The summed E-state index contributed by atoms with van der Waals surface area (Å²) >= 11 is 0. The van der Waals surface area contributed by atoms with Crippen LogP contribution in [0.4, 0.5) is 5.69 Å². The van der Waals surface area contributed by atoms with Crippen LogP contribution in [0.15, 0.2) is 48.5 Å². The molecule has 3 heteroatoms.